The maximum Gasteiger partial charge on any atom is 0.329 e. The van der Waals surface area contributed by atoms with Crippen LogP contribution in [0.3, 0.4) is 0 Å². The third-order valence-corrected chi connectivity index (χ3v) is 9.91. The molecule has 5 rings (SSSR count). The molecule has 8 nitrogen and oxygen atoms in total. The van der Waals surface area contributed by atoms with Gasteiger partial charge in [-0.05, 0) is 110 Å². The summed E-state index contributed by atoms with van der Waals surface area (Å²) in [5, 5.41) is 2.25. The molecule has 0 saturated carbocycles. The van der Waals surface area contributed by atoms with E-state index >= 15 is 0 Å². The van der Waals surface area contributed by atoms with Crippen molar-refractivity contribution < 1.29 is 0 Å². The van der Waals surface area contributed by atoms with Crippen molar-refractivity contribution in [3.05, 3.63) is 145 Å². The minimum absolute atomic E-state index is 0.0454. The molecule has 3 N–H and O–H groups in total. The summed E-state index contributed by atoms with van der Waals surface area (Å²) in [6, 6.07) is 17.6. The van der Waals surface area contributed by atoms with Gasteiger partial charge in [0, 0.05) is 19.8 Å². The molecular weight excluding hydrogens is 699 g/mol. The summed E-state index contributed by atoms with van der Waals surface area (Å²) in [5.74, 6) is -0.00837. The highest BCUT2D eigenvalue weighted by molar-refractivity contribution is 7.99. The van der Waals surface area contributed by atoms with E-state index in [2.05, 4.69) is 27.1 Å². The highest BCUT2D eigenvalue weighted by Crippen LogP contribution is 2.34. The first-order valence-electron chi connectivity index (χ1n) is 15.7. The van der Waals surface area contributed by atoms with Gasteiger partial charge in [-0.15, -0.1) is 0 Å². The molecule has 0 spiro atoms. The van der Waals surface area contributed by atoms with E-state index < -0.39 is 11.4 Å². The molecule has 0 amide bonds. The molecule has 0 saturated heterocycles. The van der Waals surface area contributed by atoms with Crippen LogP contribution in [0, 0.1) is 27.7 Å². The minimum atomic E-state index is -0.466. The largest absolute Gasteiger partial charge is 0.329 e. The van der Waals surface area contributed by atoms with E-state index in [0.717, 1.165) is 37.6 Å². The van der Waals surface area contributed by atoms with Crippen molar-refractivity contribution in [2.75, 3.05) is 0 Å². The Hall–Kier alpha value is -3.70. The molecule has 2 heterocycles. The predicted molar refractivity (Wildman–Crippen MR) is 203 cm³/mol. The van der Waals surface area contributed by atoms with E-state index in [9.17, 15) is 19.2 Å². The molecule has 12 heteroatoms. The van der Waals surface area contributed by atoms with Crippen molar-refractivity contribution in [3.63, 3.8) is 0 Å². The van der Waals surface area contributed by atoms with Gasteiger partial charge in [0.25, 0.3) is 11.1 Å². The fourth-order valence-electron chi connectivity index (χ4n) is 5.51. The fraction of sp³-hybridized carbons (Fsp3) is 0.297. The normalized spacial score (nSPS) is 11.2. The van der Waals surface area contributed by atoms with Crippen molar-refractivity contribution in [1.29, 1.82) is 0 Å². The summed E-state index contributed by atoms with van der Waals surface area (Å²) in [6.07, 6.45) is 0. The average molecular weight is 740 g/mol. The number of benzene rings is 3. The Morgan fingerprint density at radius 1 is 0.612 bits per heavy atom. The van der Waals surface area contributed by atoms with Gasteiger partial charge in [-0.1, -0.05) is 86.6 Å². The molecule has 0 aliphatic carbocycles. The lowest BCUT2D eigenvalue weighted by molar-refractivity contribution is 0.617. The average Bonchev–Trinajstić information content (AvgIpc) is 2.93. The van der Waals surface area contributed by atoms with Crippen LogP contribution in [0.2, 0.25) is 10.0 Å². The summed E-state index contributed by atoms with van der Waals surface area (Å²) in [6.45, 7) is 16.1. The SMILES string of the molecule is Cc1cc(C)cc(Sc2[nH]c(=O)[nH]c(=O)c2C(C)C)c1.Cc1cc(C)cc(Sc2c(C(C)C)c(=O)[nH]c(=O)n2Cc2cc(Cl)cc(Cl)c2)c1. The van der Waals surface area contributed by atoms with E-state index in [4.69, 9.17) is 23.2 Å². The molecule has 2 aromatic heterocycles. The Labute approximate surface area is 303 Å². The van der Waals surface area contributed by atoms with E-state index in [-0.39, 0.29) is 29.5 Å². The van der Waals surface area contributed by atoms with Crippen molar-refractivity contribution in [3.8, 4) is 0 Å². The van der Waals surface area contributed by atoms with Crippen molar-refractivity contribution in [1.82, 2.24) is 19.5 Å². The lowest BCUT2D eigenvalue weighted by atomic mass is 10.1. The molecular formula is C37H40Cl2N4O4S2. The molecule has 0 unspecified atom stereocenters. The van der Waals surface area contributed by atoms with Gasteiger partial charge in [-0.25, -0.2) is 9.59 Å². The van der Waals surface area contributed by atoms with Gasteiger partial charge in [0.05, 0.1) is 27.7 Å². The molecule has 0 radical (unpaired) electrons. The Morgan fingerprint density at radius 3 is 1.57 bits per heavy atom. The van der Waals surface area contributed by atoms with Crippen LogP contribution in [0.25, 0.3) is 0 Å². The number of nitrogens with one attached hydrogen (secondary N) is 3. The minimum Gasteiger partial charge on any atom is -0.301 e. The second-order valence-electron chi connectivity index (χ2n) is 12.7. The lowest BCUT2D eigenvalue weighted by Gasteiger charge is -2.18. The highest BCUT2D eigenvalue weighted by atomic mass is 35.5. The lowest BCUT2D eigenvalue weighted by Crippen LogP contribution is -2.34. The molecule has 0 fully saturated rings. The first-order chi connectivity index (χ1) is 23.0. The Morgan fingerprint density at radius 2 is 1.08 bits per heavy atom. The quantitative estimate of drug-likeness (QED) is 0.137. The summed E-state index contributed by atoms with van der Waals surface area (Å²) in [7, 11) is 0. The van der Waals surface area contributed by atoms with E-state index in [1.54, 1.807) is 22.8 Å². The number of aromatic amines is 3. The molecule has 0 aliphatic heterocycles. The Balaban J connectivity index is 0.000000237. The number of hydrogen-bond donors (Lipinski definition) is 3. The van der Waals surface area contributed by atoms with Crippen LogP contribution < -0.4 is 22.5 Å². The van der Waals surface area contributed by atoms with Crippen LogP contribution in [0.4, 0.5) is 0 Å². The Kier molecular flexibility index (Phi) is 12.7. The van der Waals surface area contributed by atoms with Crippen molar-refractivity contribution in [2.45, 2.75) is 93.6 Å². The third kappa shape index (κ3) is 10.2. The maximum atomic E-state index is 12.8. The second-order valence-corrected chi connectivity index (χ2v) is 15.7. The molecule has 3 aromatic carbocycles. The second kappa shape index (κ2) is 16.3. The molecule has 0 aliphatic rings. The zero-order valence-corrected chi connectivity index (χ0v) is 31.9. The molecule has 258 valence electrons. The summed E-state index contributed by atoms with van der Waals surface area (Å²) in [5.41, 5.74) is 4.97. The number of nitrogens with zero attached hydrogens (tertiary/aromatic N) is 1. The van der Waals surface area contributed by atoms with Crippen LogP contribution >= 0.6 is 46.7 Å². The van der Waals surface area contributed by atoms with E-state index in [1.165, 1.54) is 23.5 Å². The van der Waals surface area contributed by atoms with Gasteiger partial charge in [-0.3, -0.25) is 24.1 Å². The first kappa shape index (κ1) is 38.1. The smallest absolute Gasteiger partial charge is 0.301 e. The topological polar surface area (TPSA) is 121 Å². The molecule has 0 atom stereocenters. The summed E-state index contributed by atoms with van der Waals surface area (Å²) >= 11 is 15.1. The molecule has 5 aromatic rings. The Bertz CT molecular complexity index is 2180. The molecule has 0 bridgehead atoms. The van der Waals surface area contributed by atoms with Crippen molar-refractivity contribution in [2.24, 2.45) is 0 Å². The van der Waals surface area contributed by atoms with Gasteiger partial charge in [-0.2, -0.15) is 0 Å². The van der Waals surface area contributed by atoms with Crippen LogP contribution in [0.15, 0.2) is 93.6 Å². The summed E-state index contributed by atoms with van der Waals surface area (Å²) in [4.78, 5) is 58.3. The van der Waals surface area contributed by atoms with E-state index in [1.807, 2.05) is 79.7 Å². The number of hydrogen-bond acceptors (Lipinski definition) is 6. The van der Waals surface area contributed by atoms with E-state index in [0.29, 0.717) is 31.2 Å². The van der Waals surface area contributed by atoms with Crippen molar-refractivity contribution >= 4 is 46.7 Å². The van der Waals surface area contributed by atoms with Crippen LogP contribution in [-0.2, 0) is 6.54 Å². The number of rotatable bonds is 8. The zero-order chi connectivity index (χ0) is 36.2. The first-order valence-corrected chi connectivity index (χ1v) is 18.1. The maximum absolute atomic E-state index is 12.8. The standard InChI is InChI=1S/C22H22Cl2N2O2S.C15H18N2O2S/c1-12(2)19-20(27)25-22(28)26(11-15-8-16(23)10-17(24)9-15)21(19)29-18-6-13(3)5-14(4)7-18;1-8(2)12-13(18)16-15(19)17-14(12)20-11-6-9(3)5-10(4)7-11/h5-10,12H,11H2,1-4H3,(H,25,27,28);5-8H,1-4H3,(H2,16,17,18,19). The molecule has 49 heavy (non-hydrogen) atoms. The highest BCUT2D eigenvalue weighted by Gasteiger charge is 2.20. The summed E-state index contributed by atoms with van der Waals surface area (Å²) < 4.78 is 1.58. The fourth-order valence-corrected chi connectivity index (χ4v) is 8.80. The number of H-pyrrole nitrogens is 3. The van der Waals surface area contributed by atoms with Gasteiger partial charge in [0.15, 0.2) is 0 Å². The zero-order valence-electron chi connectivity index (χ0n) is 28.7. The van der Waals surface area contributed by atoms with Gasteiger partial charge in [0.2, 0.25) is 0 Å². The third-order valence-electron chi connectivity index (χ3n) is 7.37. The number of halogens is 2. The van der Waals surface area contributed by atoms with Gasteiger partial charge < -0.3 is 4.98 Å². The van der Waals surface area contributed by atoms with Gasteiger partial charge in [0.1, 0.15) is 0 Å². The number of aromatic nitrogens is 4. The monoisotopic (exact) mass is 738 g/mol. The predicted octanol–water partition coefficient (Wildman–Crippen LogP) is 8.74. The van der Waals surface area contributed by atoms with Crippen LogP contribution in [-0.4, -0.2) is 19.5 Å². The van der Waals surface area contributed by atoms with Gasteiger partial charge >= 0.3 is 11.4 Å². The number of aryl methyl sites for hydroxylation is 4. The van der Waals surface area contributed by atoms with Crippen LogP contribution in [0.5, 0.6) is 0 Å². The van der Waals surface area contributed by atoms with Crippen LogP contribution in [0.1, 0.15) is 78.5 Å².